The zero-order valence-corrected chi connectivity index (χ0v) is 17.3. The van der Waals surface area contributed by atoms with Gasteiger partial charge >= 0.3 is 0 Å². The third-order valence-electron chi connectivity index (χ3n) is 5.20. The zero-order chi connectivity index (χ0) is 18.4. The Kier molecular flexibility index (Phi) is 21.0. The molecular formula is C24H46O. The molecule has 0 radical (unpaired) electrons. The lowest BCUT2D eigenvalue weighted by Crippen LogP contribution is -2.10. The van der Waals surface area contributed by atoms with Gasteiger partial charge in [-0.15, -0.1) is 13.2 Å². The molecule has 0 bridgehead atoms. The number of hydrogen-bond donors (Lipinski definition) is 0. The Morgan fingerprint density at radius 2 is 0.880 bits per heavy atom. The number of rotatable bonds is 21. The maximum atomic E-state index is 5.68. The number of ether oxygens (including phenoxy) is 1. The average molecular weight is 351 g/mol. The van der Waals surface area contributed by atoms with Crippen LogP contribution in [0.4, 0.5) is 0 Å². The van der Waals surface area contributed by atoms with E-state index in [-0.39, 0.29) is 0 Å². The molecule has 0 saturated heterocycles. The van der Waals surface area contributed by atoms with Crippen LogP contribution < -0.4 is 0 Å². The molecule has 0 N–H and O–H groups in total. The molecule has 0 saturated carbocycles. The van der Waals surface area contributed by atoms with Gasteiger partial charge in [0.1, 0.15) is 0 Å². The Hall–Kier alpha value is -0.560. The van der Waals surface area contributed by atoms with E-state index < -0.39 is 0 Å². The number of hydrogen-bond acceptors (Lipinski definition) is 1. The van der Waals surface area contributed by atoms with Gasteiger partial charge in [-0.1, -0.05) is 89.2 Å². The van der Waals surface area contributed by atoms with Gasteiger partial charge in [0.25, 0.3) is 0 Å². The standard InChI is InChI=1S/C24H46O/c1-4-6-8-10-12-14-16-18-20-22-24(25-3)23-21-19-17-15-13-11-9-7-5-2/h4-5,24H,1-2,6-23H2,3H3. The van der Waals surface area contributed by atoms with E-state index in [1.54, 1.807) is 0 Å². The lowest BCUT2D eigenvalue weighted by Gasteiger charge is -2.15. The minimum absolute atomic E-state index is 0.500. The quantitative estimate of drug-likeness (QED) is 0.149. The summed E-state index contributed by atoms with van der Waals surface area (Å²) in [5, 5.41) is 0. The molecule has 0 amide bonds. The number of allylic oxidation sites excluding steroid dienone is 2. The van der Waals surface area contributed by atoms with E-state index in [9.17, 15) is 0 Å². The lowest BCUT2D eigenvalue weighted by atomic mass is 10.0. The van der Waals surface area contributed by atoms with Crippen molar-refractivity contribution in [2.75, 3.05) is 7.11 Å². The van der Waals surface area contributed by atoms with Gasteiger partial charge < -0.3 is 4.74 Å². The van der Waals surface area contributed by atoms with Crippen LogP contribution in [0, 0.1) is 0 Å². The molecule has 0 heterocycles. The van der Waals surface area contributed by atoms with Gasteiger partial charge in [0.05, 0.1) is 6.10 Å². The van der Waals surface area contributed by atoms with Crippen LogP contribution in [0.25, 0.3) is 0 Å². The molecule has 0 aliphatic rings. The average Bonchev–Trinajstić information content (AvgIpc) is 2.63. The predicted molar refractivity (Wildman–Crippen MR) is 114 cm³/mol. The maximum Gasteiger partial charge on any atom is 0.0571 e. The summed E-state index contributed by atoms with van der Waals surface area (Å²) in [5.74, 6) is 0. The van der Waals surface area contributed by atoms with E-state index in [4.69, 9.17) is 4.74 Å². The zero-order valence-electron chi connectivity index (χ0n) is 17.3. The van der Waals surface area contributed by atoms with Crippen molar-refractivity contribution < 1.29 is 4.74 Å². The van der Waals surface area contributed by atoms with Crippen LogP contribution >= 0.6 is 0 Å². The first-order chi connectivity index (χ1) is 12.3. The highest BCUT2D eigenvalue weighted by molar-refractivity contribution is 4.66. The van der Waals surface area contributed by atoms with Gasteiger partial charge in [-0.05, 0) is 38.5 Å². The molecule has 0 rings (SSSR count). The molecule has 0 aliphatic carbocycles. The van der Waals surface area contributed by atoms with E-state index >= 15 is 0 Å². The summed E-state index contributed by atoms with van der Waals surface area (Å²) in [6.45, 7) is 7.56. The van der Waals surface area contributed by atoms with Crippen molar-refractivity contribution in [2.45, 2.75) is 122 Å². The fourth-order valence-corrected chi connectivity index (χ4v) is 3.47. The van der Waals surface area contributed by atoms with Crippen LogP contribution in [-0.2, 0) is 4.74 Å². The fourth-order valence-electron chi connectivity index (χ4n) is 3.47. The van der Waals surface area contributed by atoms with E-state index in [1.165, 1.54) is 116 Å². The van der Waals surface area contributed by atoms with Crippen molar-refractivity contribution in [3.05, 3.63) is 25.3 Å². The highest BCUT2D eigenvalue weighted by Crippen LogP contribution is 2.16. The molecule has 0 spiro atoms. The smallest absolute Gasteiger partial charge is 0.0571 e. The van der Waals surface area contributed by atoms with E-state index in [2.05, 4.69) is 13.2 Å². The van der Waals surface area contributed by atoms with Gasteiger partial charge in [-0.25, -0.2) is 0 Å². The molecule has 0 fully saturated rings. The Balaban J connectivity index is 3.30. The fraction of sp³-hybridized carbons (Fsp3) is 0.833. The van der Waals surface area contributed by atoms with Crippen molar-refractivity contribution in [2.24, 2.45) is 0 Å². The predicted octanol–water partition coefficient (Wildman–Crippen LogP) is 8.40. The molecule has 0 aromatic heterocycles. The first kappa shape index (κ1) is 24.4. The normalized spacial score (nSPS) is 11.1. The minimum Gasteiger partial charge on any atom is -0.381 e. The topological polar surface area (TPSA) is 9.23 Å². The first-order valence-electron chi connectivity index (χ1n) is 11.1. The third-order valence-corrected chi connectivity index (χ3v) is 5.20. The van der Waals surface area contributed by atoms with Crippen LogP contribution in [0.1, 0.15) is 116 Å². The molecule has 0 atom stereocenters. The Bertz CT molecular complexity index is 245. The molecule has 1 heteroatoms. The van der Waals surface area contributed by atoms with E-state index in [0.29, 0.717) is 6.10 Å². The summed E-state index contributed by atoms with van der Waals surface area (Å²) < 4.78 is 5.68. The summed E-state index contributed by atoms with van der Waals surface area (Å²) in [7, 11) is 1.89. The SMILES string of the molecule is C=CCCCCCCCCCC(CCCCCCCCCC=C)OC. The first-order valence-corrected chi connectivity index (χ1v) is 11.1. The summed E-state index contributed by atoms with van der Waals surface area (Å²) in [6, 6.07) is 0. The second-order valence-electron chi connectivity index (χ2n) is 7.54. The van der Waals surface area contributed by atoms with E-state index in [1.807, 2.05) is 19.3 Å². The van der Waals surface area contributed by atoms with Gasteiger partial charge in [0.2, 0.25) is 0 Å². The lowest BCUT2D eigenvalue weighted by molar-refractivity contribution is 0.0831. The third kappa shape index (κ3) is 19.6. The highest BCUT2D eigenvalue weighted by Gasteiger charge is 2.06. The van der Waals surface area contributed by atoms with Crippen molar-refractivity contribution in [3.8, 4) is 0 Å². The summed E-state index contributed by atoms with van der Waals surface area (Å²) >= 11 is 0. The van der Waals surface area contributed by atoms with Crippen LogP contribution in [0.2, 0.25) is 0 Å². The van der Waals surface area contributed by atoms with Gasteiger partial charge in [0, 0.05) is 7.11 Å². The highest BCUT2D eigenvalue weighted by atomic mass is 16.5. The van der Waals surface area contributed by atoms with Gasteiger partial charge in [0.15, 0.2) is 0 Å². The van der Waals surface area contributed by atoms with Crippen LogP contribution in [0.5, 0.6) is 0 Å². The van der Waals surface area contributed by atoms with E-state index in [0.717, 1.165) is 0 Å². The van der Waals surface area contributed by atoms with Crippen LogP contribution in [0.15, 0.2) is 25.3 Å². The monoisotopic (exact) mass is 350 g/mol. The molecule has 1 nitrogen and oxygen atoms in total. The summed E-state index contributed by atoms with van der Waals surface area (Å²) in [4.78, 5) is 0. The van der Waals surface area contributed by atoms with Gasteiger partial charge in [-0.2, -0.15) is 0 Å². The molecule has 0 aromatic carbocycles. The Morgan fingerprint density at radius 3 is 1.20 bits per heavy atom. The van der Waals surface area contributed by atoms with Crippen molar-refractivity contribution >= 4 is 0 Å². The summed E-state index contributed by atoms with van der Waals surface area (Å²) in [6.07, 6.45) is 28.7. The molecule has 148 valence electrons. The Morgan fingerprint density at radius 1 is 0.560 bits per heavy atom. The molecule has 0 aliphatic heterocycles. The number of unbranched alkanes of at least 4 members (excludes halogenated alkanes) is 14. The largest absolute Gasteiger partial charge is 0.381 e. The second kappa shape index (κ2) is 21.5. The molecular weight excluding hydrogens is 304 g/mol. The molecule has 25 heavy (non-hydrogen) atoms. The van der Waals surface area contributed by atoms with Crippen LogP contribution in [0.3, 0.4) is 0 Å². The van der Waals surface area contributed by atoms with Crippen LogP contribution in [-0.4, -0.2) is 13.2 Å². The molecule has 0 aromatic rings. The van der Waals surface area contributed by atoms with Crippen molar-refractivity contribution in [1.82, 2.24) is 0 Å². The van der Waals surface area contributed by atoms with Gasteiger partial charge in [-0.3, -0.25) is 0 Å². The maximum absolute atomic E-state index is 5.68. The molecule has 0 unspecified atom stereocenters. The second-order valence-corrected chi connectivity index (χ2v) is 7.54. The minimum atomic E-state index is 0.500. The van der Waals surface area contributed by atoms with Crippen molar-refractivity contribution in [1.29, 1.82) is 0 Å². The summed E-state index contributed by atoms with van der Waals surface area (Å²) in [5.41, 5.74) is 0. The van der Waals surface area contributed by atoms with Crippen molar-refractivity contribution in [3.63, 3.8) is 0 Å². The number of methoxy groups -OCH3 is 1. The Labute approximate surface area is 159 Å².